The first-order chi connectivity index (χ1) is 14.9. The molecular formula is C22H22F2N4O3. The minimum atomic E-state index is -1.23. The van der Waals surface area contributed by atoms with Crippen molar-refractivity contribution in [3.8, 4) is 5.75 Å². The van der Waals surface area contributed by atoms with Crippen molar-refractivity contribution >= 4 is 5.91 Å². The molecule has 0 saturated heterocycles. The van der Waals surface area contributed by atoms with E-state index in [1.165, 1.54) is 0 Å². The van der Waals surface area contributed by atoms with Crippen molar-refractivity contribution in [1.29, 1.82) is 0 Å². The highest BCUT2D eigenvalue weighted by Gasteiger charge is 2.19. The predicted molar refractivity (Wildman–Crippen MR) is 109 cm³/mol. The van der Waals surface area contributed by atoms with E-state index in [-0.39, 0.29) is 13.1 Å². The van der Waals surface area contributed by atoms with E-state index in [1.807, 2.05) is 41.3 Å². The first kappa shape index (κ1) is 22.3. The second kappa shape index (κ2) is 10.6. The standard InChI is InChI=1S/C22H22F2N4O3/c23-15-9-19(21(30)20(24)10-15)22(31)27-11-18(29)14-28(12-16-5-1-3-7-25-16)13-17-6-2-4-8-26-17/h1-10,18,29-30H,11-14H2,(H,27,31). The summed E-state index contributed by atoms with van der Waals surface area (Å²) in [6.45, 7) is 0.880. The van der Waals surface area contributed by atoms with Crippen LogP contribution in [0.4, 0.5) is 8.78 Å². The van der Waals surface area contributed by atoms with Crippen molar-refractivity contribution in [1.82, 2.24) is 20.2 Å². The number of nitrogens with zero attached hydrogens (tertiary/aromatic N) is 3. The quantitative estimate of drug-likeness (QED) is 0.484. The van der Waals surface area contributed by atoms with Crippen LogP contribution in [0.5, 0.6) is 5.75 Å². The molecule has 1 atom stereocenters. The molecule has 9 heteroatoms. The van der Waals surface area contributed by atoms with E-state index >= 15 is 0 Å². The van der Waals surface area contributed by atoms with Gasteiger partial charge in [-0.15, -0.1) is 0 Å². The highest BCUT2D eigenvalue weighted by atomic mass is 19.1. The lowest BCUT2D eigenvalue weighted by Gasteiger charge is -2.24. The number of rotatable bonds is 9. The average molecular weight is 428 g/mol. The predicted octanol–water partition coefficient (Wildman–Crippen LogP) is 2.25. The van der Waals surface area contributed by atoms with Gasteiger partial charge in [0.2, 0.25) is 0 Å². The molecule has 3 aromatic rings. The Balaban J connectivity index is 1.63. The number of carbonyl (C=O) groups is 1. The molecule has 1 unspecified atom stereocenters. The summed E-state index contributed by atoms with van der Waals surface area (Å²) in [5.41, 5.74) is 1.06. The van der Waals surface area contributed by atoms with Crippen LogP contribution in [0.2, 0.25) is 0 Å². The first-order valence-corrected chi connectivity index (χ1v) is 9.59. The van der Waals surface area contributed by atoms with Crippen molar-refractivity contribution in [2.24, 2.45) is 0 Å². The molecule has 7 nitrogen and oxygen atoms in total. The third kappa shape index (κ3) is 6.53. The Bertz CT molecular complexity index is 965. The number of pyridine rings is 2. The number of phenols is 1. The zero-order chi connectivity index (χ0) is 22.2. The van der Waals surface area contributed by atoms with Crippen molar-refractivity contribution in [2.45, 2.75) is 19.2 Å². The topological polar surface area (TPSA) is 98.6 Å². The second-order valence-corrected chi connectivity index (χ2v) is 6.96. The summed E-state index contributed by atoms with van der Waals surface area (Å²) in [5.74, 6) is -4.06. The number of aliphatic hydroxyl groups is 1. The number of aliphatic hydroxyl groups excluding tert-OH is 1. The van der Waals surface area contributed by atoms with E-state index in [0.717, 1.165) is 17.5 Å². The lowest BCUT2D eigenvalue weighted by atomic mass is 10.1. The Morgan fingerprint density at radius 2 is 1.65 bits per heavy atom. The van der Waals surface area contributed by atoms with Crippen molar-refractivity contribution in [2.75, 3.05) is 13.1 Å². The number of nitrogens with one attached hydrogen (secondary N) is 1. The van der Waals surface area contributed by atoms with Crippen LogP contribution >= 0.6 is 0 Å². The van der Waals surface area contributed by atoms with Crippen LogP contribution in [0.15, 0.2) is 60.9 Å². The van der Waals surface area contributed by atoms with Crippen LogP contribution < -0.4 is 5.32 Å². The van der Waals surface area contributed by atoms with Gasteiger partial charge < -0.3 is 15.5 Å². The zero-order valence-electron chi connectivity index (χ0n) is 16.6. The smallest absolute Gasteiger partial charge is 0.255 e. The molecule has 162 valence electrons. The molecule has 3 N–H and O–H groups in total. The summed E-state index contributed by atoms with van der Waals surface area (Å²) in [7, 11) is 0. The fraction of sp³-hybridized carbons (Fsp3) is 0.227. The van der Waals surface area contributed by atoms with Gasteiger partial charge in [0.1, 0.15) is 5.82 Å². The minimum absolute atomic E-state index is 0.178. The van der Waals surface area contributed by atoms with E-state index in [9.17, 15) is 23.8 Å². The van der Waals surface area contributed by atoms with E-state index < -0.39 is 35.0 Å². The maximum atomic E-state index is 13.4. The Kier molecular flexibility index (Phi) is 7.58. The summed E-state index contributed by atoms with van der Waals surface area (Å²) in [5, 5.41) is 22.5. The fourth-order valence-electron chi connectivity index (χ4n) is 3.03. The Morgan fingerprint density at radius 3 is 2.19 bits per heavy atom. The van der Waals surface area contributed by atoms with Crippen molar-refractivity contribution in [3.63, 3.8) is 0 Å². The third-order valence-corrected chi connectivity index (χ3v) is 4.46. The summed E-state index contributed by atoms with van der Waals surface area (Å²) < 4.78 is 26.8. The minimum Gasteiger partial charge on any atom is -0.504 e. The Labute approximate surface area is 178 Å². The van der Waals surface area contributed by atoms with Gasteiger partial charge in [0, 0.05) is 44.6 Å². The lowest BCUT2D eigenvalue weighted by molar-refractivity contribution is 0.0830. The molecule has 1 aromatic carbocycles. The normalized spacial score (nSPS) is 12.0. The van der Waals surface area contributed by atoms with Gasteiger partial charge >= 0.3 is 0 Å². The van der Waals surface area contributed by atoms with Crippen molar-refractivity contribution < 1.29 is 23.8 Å². The van der Waals surface area contributed by atoms with E-state index in [0.29, 0.717) is 19.2 Å². The molecule has 0 aliphatic heterocycles. The second-order valence-electron chi connectivity index (χ2n) is 6.96. The number of benzene rings is 1. The number of hydrogen-bond acceptors (Lipinski definition) is 6. The van der Waals surface area contributed by atoms with Crippen LogP contribution in [0, 0.1) is 11.6 Å². The molecule has 0 fully saturated rings. The van der Waals surface area contributed by atoms with Gasteiger partial charge in [-0.2, -0.15) is 0 Å². The number of phenolic OH excluding ortho intramolecular Hbond substituents is 1. The third-order valence-electron chi connectivity index (χ3n) is 4.46. The maximum Gasteiger partial charge on any atom is 0.255 e. The average Bonchev–Trinajstić information content (AvgIpc) is 2.76. The van der Waals surface area contributed by atoms with Gasteiger partial charge in [0.05, 0.1) is 23.1 Å². The maximum absolute atomic E-state index is 13.4. The van der Waals surface area contributed by atoms with Gasteiger partial charge in [0.15, 0.2) is 11.6 Å². The van der Waals surface area contributed by atoms with Gasteiger partial charge in [-0.3, -0.25) is 19.7 Å². The number of amides is 1. The number of aromatic hydroxyl groups is 1. The largest absolute Gasteiger partial charge is 0.504 e. The number of aromatic nitrogens is 2. The summed E-state index contributed by atoms with van der Waals surface area (Å²) in [6, 6.07) is 12.3. The molecule has 1 amide bonds. The molecule has 0 bridgehead atoms. The molecule has 0 aliphatic rings. The first-order valence-electron chi connectivity index (χ1n) is 9.59. The molecule has 0 aliphatic carbocycles. The zero-order valence-corrected chi connectivity index (χ0v) is 16.6. The Morgan fingerprint density at radius 1 is 1.03 bits per heavy atom. The van der Waals surface area contributed by atoms with Crippen LogP contribution in [-0.2, 0) is 13.1 Å². The molecule has 3 rings (SSSR count). The molecule has 2 heterocycles. The highest BCUT2D eigenvalue weighted by molar-refractivity contribution is 5.96. The van der Waals surface area contributed by atoms with Crippen LogP contribution in [0.3, 0.4) is 0 Å². The summed E-state index contributed by atoms with van der Waals surface area (Å²) in [6.07, 6.45) is 2.36. The highest BCUT2D eigenvalue weighted by Crippen LogP contribution is 2.22. The Hall–Kier alpha value is -3.43. The summed E-state index contributed by atoms with van der Waals surface area (Å²) >= 11 is 0. The molecule has 2 aromatic heterocycles. The van der Waals surface area contributed by atoms with Gasteiger partial charge in [-0.05, 0) is 30.3 Å². The number of carbonyl (C=O) groups excluding carboxylic acids is 1. The lowest BCUT2D eigenvalue weighted by Crippen LogP contribution is -2.40. The SMILES string of the molecule is O=C(NCC(O)CN(Cc1ccccn1)Cc1ccccn1)c1cc(F)cc(F)c1O. The monoisotopic (exact) mass is 428 g/mol. The molecule has 0 spiro atoms. The van der Waals surface area contributed by atoms with E-state index in [1.54, 1.807) is 12.4 Å². The van der Waals surface area contributed by atoms with Crippen LogP contribution in [-0.4, -0.2) is 50.2 Å². The van der Waals surface area contributed by atoms with E-state index in [2.05, 4.69) is 15.3 Å². The molecule has 0 radical (unpaired) electrons. The van der Waals surface area contributed by atoms with Gasteiger partial charge in [0.25, 0.3) is 5.91 Å². The van der Waals surface area contributed by atoms with Gasteiger partial charge in [-0.1, -0.05) is 12.1 Å². The van der Waals surface area contributed by atoms with E-state index in [4.69, 9.17) is 0 Å². The molecule has 31 heavy (non-hydrogen) atoms. The van der Waals surface area contributed by atoms with Crippen molar-refractivity contribution in [3.05, 3.63) is 89.5 Å². The van der Waals surface area contributed by atoms with Crippen LogP contribution in [0.1, 0.15) is 21.7 Å². The fourth-order valence-corrected chi connectivity index (χ4v) is 3.03. The number of hydrogen-bond donors (Lipinski definition) is 3. The summed E-state index contributed by atoms with van der Waals surface area (Å²) in [4.78, 5) is 22.7. The van der Waals surface area contributed by atoms with Gasteiger partial charge in [-0.25, -0.2) is 8.78 Å². The number of halogens is 2. The molecule has 0 saturated carbocycles. The van der Waals surface area contributed by atoms with Crippen LogP contribution in [0.25, 0.3) is 0 Å². The molecular weight excluding hydrogens is 406 g/mol.